The van der Waals surface area contributed by atoms with Gasteiger partial charge < -0.3 is 18.9 Å². The molecule has 2 fully saturated rings. The molecular weight excluding hydrogens is 312 g/mol. The minimum atomic E-state index is -0.755. The van der Waals surface area contributed by atoms with Crippen LogP contribution in [0.25, 0.3) is 0 Å². The molecule has 2 atom stereocenters. The van der Waals surface area contributed by atoms with E-state index in [1.807, 2.05) is 30.3 Å². The number of rotatable bonds is 4. The molecule has 1 aromatic rings. The predicted molar refractivity (Wildman–Crippen MR) is 83.7 cm³/mol. The lowest BCUT2D eigenvalue weighted by Crippen LogP contribution is -2.46. The van der Waals surface area contributed by atoms with Gasteiger partial charge in [0.25, 0.3) is 0 Å². The summed E-state index contributed by atoms with van der Waals surface area (Å²) >= 11 is 0. The second-order valence-corrected chi connectivity index (χ2v) is 6.18. The molecular formula is C18H22O6. The molecule has 0 bridgehead atoms. The van der Waals surface area contributed by atoms with Crippen LogP contribution in [0.15, 0.2) is 30.3 Å². The molecule has 0 radical (unpaired) electrons. The van der Waals surface area contributed by atoms with E-state index in [2.05, 4.69) is 0 Å². The molecule has 0 aromatic heterocycles. The highest BCUT2D eigenvalue weighted by Gasteiger charge is 2.50. The van der Waals surface area contributed by atoms with E-state index >= 15 is 0 Å². The number of hydrogen-bond acceptors (Lipinski definition) is 6. The van der Waals surface area contributed by atoms with Crippen LogP contribution in [0.1, 0.15) is 24.8 Å². The van der Waals surface area contributed by atoms with Crippen molar-refractivity contribution in [3.05, 3.63) is 35.9 Å². The molecule has 6 nitrogen and oxygen atoms in total. The molecule has 24 heavy (non-hydrogen) atoms. The quantitative estimate of drug-likeness (QED) is 0.785. The van der Waals surface area contributed by atoms with Gasteiger partial charge in [0.2, 0.25) is 0 Å². The van der Waals surface area contributed by atoms with Crippen molar-refractivity contribution in [2.75, 3.05) is 20.3 Å². The van der Waals surface area contributed by atoms with Gasteiger partial charge in [0.1, 0.15) is 6.61 Å². The third-order valence-corrected chi connectivity index (χ3v) is 4.70. The lowest BCUT2D eigenvalue weighted by Gasteiger charge is -2.38. The van der Waals surface area contributed by atoms with Gasteiger partial charge in [-0.05, 0) is 12.0 Å². The Hall–Kier alpha value is -1.92. The Kier molecular flexibility index (Phi) is 5.16. The highest BCUT2D eigenvalue weighted by atomic mass is 16.7. The number of methoxy groups -OCH3 is 1. The van der Waals surface area contributed by atoms with Crippen molar-refractivity contribution in [2.45, 2.75) is 31.7 Å². The van der Waals surface area contributed by atoms with Crippen LogP contribution in [0.4, 0.5) is 0 Å². The molecule has 0 amide bonds. The van der Waals surface area contributed by atoms with Crippen molar-refractivity contribution in [3.63, 3.8) is 0 Å². The minimum absolute atomic E-state index is 0.197. The zero-order chi connectivity index (χ0) is 17.0. The summed E-state index contributed by atoms with van der Waals surface area (Å²) in [5.74, 6) is -2.68. The SMILES string of the molecule is COC(=O)C1CC2(CCC1C(=O)OCc1ccccc1)OCCO2. The fourth-order valence-corrected chi connectivity index (χ4v) is 3.43. The van der Waals surface area contributed by atoms with Gasteiger partial charge in [0.15, 0.2) is 5.79 Å². The number of carbonyl (C=O) groups is 2. The van der Waals surface area contributed by atoms with Crippen molar-refractivity contribution < 1.29 is 28.5 Å². The molecule has 6 heteroatoms. The molecule has 2 unspecified atom stereocenters. The third-order valence-electron chi connectivity index (χ3n) is 4.70. The Balaban J connectivity index is 1.66. The van der Waals surface area contributed by atoms with Crippen LogP contribution in [0.5, 0.6) is 0 Å². The van der Waals surface area contributed by atoms with Gasteiger partial charge in [-0.25, -0.2) is 0 Å². The molecule has 2 aliphatic rings. The topological polar surface area (TPSA) is 71.1 Å². The van der Waals surface area contributed by atoms with E-state index in [1.165, 1.54) is 7.11 Å². The summed E-state index contributed by atoms with van der Waals surface area (Å²) in [5.41, 5.74) is 0.912. The highest BCUT2D eigenvalue weighted by Crippen LogP contribution is 2.42. The van der Waals surface area contributed by atoms with Crippen molar-refractivity contribution in [1.29, 1.82) is 0 Å². The summed E-state index contributed by atoms with van der Waals surface area (Å²) in [6.45, 7) is 1.22. The Bertz CT molecular complexity index is 578. The molecule has 1 saturated heterocycles. The fraction of sp³-hybridized carbons (Fsp3) is 0.556. The summed E-state index contributed by atoms with van der Waals surface area (Å²) in [4.78, 5) is 24.6. The van der Waals surface area contributed by atoms with Gasteiger partial charge in [-0.1, -0.05) is 30.3 Å². The summed E-state index contributed by atoms with van der Waals surface area (Å²) in [6.07, 6.45) is 1.38. The second kappa shape index (κ2) is 7.32. The van der Waals surface area contributed by atoms with Crippen LogP contribution in [0.3, 0.4) is 0 Å². The van der Waals surface area contributed by atoms with E-state index in [4.69, 9.17) is 18.9 Å². The van der Waals surface area contributed by atoms with E-state index in [9.17, 15) is 9.59 Å². The maximum Gasteiger partial charge on any atom is 0.310 e. The lowest BCUT2D eigenvalue weighted by molar-refractivity contribution is -0.206. The van der Waals surface area contributed by atoms with Crippen LogP contribution in [0.2, 0.25) is 0 Å². The fourth-order valence-electron chi connectivity index (χ4n) is 3.43. The van der Waals surface area contributed by atoms with Crippen LogP contribution < -0.4 is 0 Å². The van der Waals surface area contributed by atoms with Gasteiger partial charge in [0.05, 0.1) is 32.2 Å². The third kappa shape index (κ3) is 3.60. The van der Waals surface area contributed by atoms with E-state index in [0.717, 1.165) is 5.56 Å². The van der Waals surface area contributed by atoms with Gasteiger partial charge >= 0.3 is 11.9 Å². The number of esters is 2. The summed E-state index contributed by atoms with van der Waals surface area (Å²) < 4.78 is 21.7. The summed E-state index contributed by atoms with van der Waals surface area (Å²) in [5, 5.41) is 0. The van der Waals surface area contributed by atoms with Crippen molar-refractivity contribution in [3.8, 4) is 0 Å². The van der Waals surface area contributed by atoms with Gasteiger partial charge in [-0.2, -0.15) is 0 Å². The Morgan fingerprint density at radius 3 is 2.50 bits per heavy atom. The lowest BCUT2D eigenvalue weighted by atomic mass is 9.76. The minimum Gasteiger partial charge on any atom is -0.469 e. The number of benzene rings is 1. The number of ether oxygens (including phenoxy) is 4. The molecule has 1 aliphatic carbocycles. The van der Waals surface area contributed by atoms with Gasteiger partial charge in [0, 0.05) is 12.8 Å². The monoisotopic (exact) mass is 334 g/mol. The van der Waals surface area contributed by atoms with Crippen LogP contribution in [0, 0.1) is 11.8 Å². The van der Waals surface area contributed by atoms with Crippen molar-refractivity contribution >= 4 is 11.9 Å². The maximum absolute atomic E-state index is 12.5. The zero-order valence-corrected chi connectivity index (χ0v) is 13.7. The first kappa shape index (κ1) is 16.9. The van der Waals surface area contributed by atoms with Crippen LogP contribution >= 0.6 is 0 Å². The average Bonchev–Trinajstić information content (AvgIpc) is 3.07. The van der Waals surface area contributed by atoms with E-state index in [1.54, 1.807) is 0 Å². The molecule has 3 rings (SSSR count). The zero-order valence-electron chi connectivity index (χ0n) is 13.7. The second-order valence-electron chi connectivity index (χ2n) is 6.18. The first-order valence-electron chi connectivity index (χ1n) is 8.20. The average molecular weight is 334 g/mol. The molecule has 1 aromatic carbocycles. The molecule has 1 spiro atoms. The summed E-state index contributed by atoms with van der Waals surface area (Å²) in [6, 6.07) is 9.46. The smallest absolute Gasteiger partial charge is 0.310 e. The Morgan fingerprint density at radius 1 is 1.12 bits per heavy atom. The first-order valence-corrected chi connectivity index (χ1v) is 8.20. The number of hydrogen-bond donors (Lipinski definition) is 0. The summed E-state index contributed by atoms with van der Waals surface area (Å²) in [7, 11) is 1.33. The van der Waals surface area contributed by atoms with Gasteiger partial charge in [-0.3, -0.25) is 9.59 Å². The molecule has 1 saturated carbocycles. The highest BCUT2D eigenvalue weighted by molar-refractivity contribution is 5.82. The number of carbonyl (C=O) groups excluding carboxylic acids is 2. The van der Waals surface area contributed by atoms with E-state index in [0.29, 0.717) is 32.5 Å². The maximum atomic E-state index is 12.5. The first-order chi connectivity index (χ1) is 11.6. The molecule has 1 aliphatic heterocycles. The van der Waals surface area contributed by atoms with Gasteiger partial charge in [-0.15, -0.1) is 0 Å². The van der Waals surface area contributed by atoms with E-state index in [-0.39, 0.29) is 12.6 Å². The largest absolute Gasteiger partial charge is 0.469 e. The molecule has 1 heterocycles. The van der Waals surface area contributed by atoms with Crippen molar-refractivity contribution in [2.24, 2.45) is 11.8 Å². The molecule has 130 valence electrons. The Morgan fingerprint density at radius 2 is 1.83 bits per heavy atom. The normalized spacial score (nSPS) is 25.4. The van der Waals surface area contributed by atoms with Crippen LogP contribution in [-0.4, -0.2) is 38.0 Å². The molecule has 0 N–H and O–H groups in total. The standard InChI is InChI=1S/C18H22O6/c1-21-16(19)15-11-18(23-9-10-24-18)8-7-14(15)17(20)22-12-13-5-3-2-4-6-13/h2-6,14-15H,7-12H2,1H3. The predicted octanol–water partition coefficient (Wildman–Crippen LogP) is 2.06. The Labute approximate surface area is 141 Å². The van der Waals surface area contributed by atoms with Crippen molar-refractivity contribution in [1.82, 2.24) is 0 Å². The van der Waals surface area contributed by atoms with Crippen LogP contribution in [-0.2, 0) is 35.1 Å². The van der Waals surface area contributed by atoms with E-state index < -0.39 is 23.6 Å².